The van der Waals surface area contributed by atoms with Crippen LogP contribution in [0.2, 0.25) is 0 Å². The molecular formula is C22H28N3+. The number of imidazole rings is 1. The minimum absolute atomic E-state index is 0.473. The molecule has 1 aromatic heterocycles. The maximum atomic E-state index is 5.91. The number of aromatic nitrogens is 2. The van der Waals surface area contributed by atoms with E-state index in [1.165, 1.54) is 16.8 Å². The van der Waals surface area contributed by atoms with Gasteiger partial charge in [0, 0.05) is 23.2 Å². The predicted octanol–water partition coefficient (Wildman–Crippen LogP) is 4.46. The highest BCUT2D eigenvalue weighted by Gasteiger charge is 2.20. The van der Waals surface area contributed by atoms with Crippen LogP contribution in [-0.4, -0.2) is 4.57 Å². The van der Waals surface area contributed by atoms with Crippen molar-refractivity contribution in [3.63, 3.8) is 0 Å². The van der Waals surface area contributed by atoms with Gasteiger partial charge in [-0.3, -0.25) is 0 Å². The third-order valence-corrected chi connectivity index (χ3v) is 4.73. The van der Waals surface area contributed by atoms with Gasteiger partial charge >= 0.3 is 0 Å². The summed E-state index contributed by atoms with van der Waals surface area (Å²) in [6.07, 6.45) is 6.40. The molecule has 130 valence electrons. The molecule has 0 aliphatic carbocycles. The van der Waals surface area contributed by atoms with Gasteiger partial charge in [0.1, 0.15) is 23.8 Å². The molecule has 0 fully saturated rings. The first-order chi connectivity index (χ1) is 12.0. The van der Waals surface area contributed by atoms with Crippen molar-refractivity contribution in [3.8, 4) is 11.4 Å². The normalized spacial score (nSPS) is 11.5. The van der Waals surface area contributed by atoms with E-state index in [1.54, 1.807) is 0 Å². The van der Waals surface area contributed by atoms with E-state index in [4.69, 9.17) is 5.73 Å². The van der Waals surface area contributed by atoms with Gasteiger partial charge in [-0.25, -0.2) is 9.13 Å². The highest BCUT2D eigenvalue weighted by atomic mass is 15.1. The van der Waals surface area contributed by atoms with Crippen molar-refractivity contribution in [1.82, 2.24) is 4.57 Å². The second-order valence-electron chi connectivity index (χ2n) is 7.16. The second kappa shape index (κ2) is 7.24. The highest BCUT2D eigenvalue weighted by Crippen LogP contribution is 2.28. The van der Waals surface area contributed by atoms with Gasteiger partial charge < -0.3 is 5.73 Å². The van der Waals surface area contributed by atoms with Crippen molar-refractivity contribution in [2.75, 3.05) is 0 Å². The van der Waals surface area contributed by atoms with Gasteiger partial charge in [-0.15, -0.1) is 0 Å². The number of benzene rings is 2. The Morgan fingerprint density at radius 2 is 1.56 bits per heavy atom. The summed E-state index contributed by atoms with van der Waals surface area (Å²) in [6, 6.07) is 14.9. The lowest BCUT2D eigenvalue weighted by atomic mass is 9.92. The van der Waals surface area contributed by atoms with E-state index in [0.717, 1.165) is 11.3 Å². The fraction of sp³-hybridized carbons (Fsp3) is 0.318. The predicted molar refractivity (Wildman–Crippen MR) is 103 cm³/mol. The van der Waals surface area contributed by atoms with Crippen molar-refractivity contribution >= 4 is 0 Å². The Labute approximate surface area is 150 Å². The van der Waals surface area contributed by atoms with Gasteiger partial charge in [-0.2, -0.15) is 0 Å². The van der Waals surface area contributed by atoms with E-state index in [0.29, 0.717) is 18.4 Å². The Bertz CT molecular complexity index is 833. The summed E-state index contributed by atoms with van der Waals surface area (Å²) in [4.78, 5) is 0. The fourth-order valence-corrected chi connectivity index (χ4v) is 3.37. The van der Waals surface area contributed by atoms with Crippen LogP contribution in [0.25, 0.3) is 11.4 Å². The van der Waals surface area contributed by atoms with Gasteiger partial charge in [-0.05, 0) is 17.9 Å². The molecule has 3 aromatic rings. The van der Waals surface area contributed by atoms with Crippen molar-refractivity contribution < 1.29 is 4.57 Å². The molecule has 0 saturated heterocycles. The molecule has 25 heavy (non-hydrogen) atoms. The summed E-state index contributed by atoms with van der Waals surface area (Å²) in [5, 5.41) is 0. The number of hydrogen-bond acceptors (Lipinski definition) is 1. The molecule has 0 aliphatic rings. The minimum Gasteiger partial charge on any atom is -0.326 e. The lowest BCUT2D eigenvalue weighted by Gasteiger charge is -2.16. The van der Waals surface area contributed by atoms with Crippen LogP contribution in [0, 0.1) is 0 Å². The molecule has 1 heterocycles. The smallest absolute Gasteiger partial charge is 0.254 e. The second-order valence-corrected chi connectivity index (χ2v) is 7.16. The fourth-order valence-electron chi connectivity index (χ4n) is 3.37. The van der Waals surface area contributed by atoms with Crippen LogP contribution in [-0.2, 0) is 6.54 Å². The number of rotatable bonds is 5. The molecule has 0 unspecified atom stereocenters. The van der Waals surface area contributed by atoms with Crippen LogP contribution in [0.15, 0.2) is 61.2 Å². The van der Waals surface area contributed by atoms with Crippen LogP contribution >= 0.6 is 0 Å². The zero-order valence-corrected chi connectivity index (χ0v) is 15.6. The van der Waals surface area contributed by atoms with Gasteiger partial charge in [0.2, 0.25) is 0 Å². The third kappa shape index (κ3) is 3.38. The Balaban J connectivity index is 2.15. The maximum Gasteiger partial charge on any atom is 0.254 e. The number of para-hydroxylation sites is 2. The topological polar surface area (TPSA) is 34.8 Å². The molecule has 2 aromatic carbocycles. The Morgan fingerprint density at radius 1 is 0.920 bits per heavy atom. The highest BCUT2D eigenvalue weighted by molar-refractivity contribution is 5.45. The number of nitrogens with zero attached hydrogens (tertiary/aromatic N) is 2. The van der Waals surface area contributed by atoms with E-state index >= 15 is 0 Å². The van der Waals surface area contributed by atoms with E-state index in [-0.39, 0.29) is 0 Å². The summed E-state index contributed by atoms with van der Waals surface area (Å²) >= 11 is 0. The molecule has 0 saturated carbocycles. The van der Waals surface area contributed by atoms with Crippen LogP contribution in [0.3, 0.4) is 0 Å². The van der Waals surface area contributed by atoms with E-state index in [9.17, 15) is 0 Å². The lowest BCUT2D eigenvalue weighted by Crippen LogP contribution is -2.31. The van der Waals surface area contributed by atoms with E-state index in [1.807, 2.05) is 6.07 Å². The first-order valence-corrected chi connectivity index (χ1v) is 9.03. The summed E-state index contributed by atoms with van der Waals surface area (Å²) in [7, 11) is 0. The van der Waals surface area contributed by atoms with E-state index < -0.39 is 0 Å². The average molecular weight is 334 g/mol. The summed E-state index contributed by atoms with van der Waals surface area (Å²) in [5.74, 6) is 0.946. The van der Waals surface area contributed by atoms with Crippen molar-refractivity contribution in [1.29, 1.82) is 0 Å². The Hall–Kier alpha value is -2.39. The van der Waals surface area contributed by atoms with Gasteiger partial charge in [0.15, 0.2) is 0 Å². The molecule has 3 heteroatoms. The molecule has 2 N–H and O–H groups in total. The SMILES string of the molecule is CC(C)c1cccc(C(C)C)c1-[n+]1ccn(-c2ccccc2CN)c1. The molecule has 0 bridgehead atoms. The molecule has 0 radical (unpaired) electrons. The summed E-state index contributed by atoms with van der Waals surface area (Å²) in [6.45, 7) is 9.55. The largest absolute Gasteiger partial charge is 0.326 e. The van der Waals surface area contributed by atoms with Gasteiger partial charge in [0.05, 0.1) is 0 Å². The first kappa shape index (κ1) is 17.4. The number of nitrogens with two attached hydrogens (primary N) is 1. The van der Waals surface area contributed by atoms with Crippen molar-refractivity contribution in [2.45, 2.75) is 46.1 Å². The molecule has 0 aliphatic heterocycles. The zero-order valence-electron chi connectivity index (χ0n) is 15.6. The zero-order chi connectivity index (χ0) is 18.0. The monoisotopic (exact) mass is 334 g/mol. The summed E-state index contributed by atoms with van der Waals surface area (Å²) in [5.41, 5.74) is 12.2. The Morgan fingerprint density at radius 3 is 2.16 bits per heavy atom. The van der Waals surface area contributed by atoms with Crippen molar-refractivity contribution in [2.24, 2.45) is 5.73 Å². The average Bonchev–Trinajstić information content (AvgIpc) is 3.10. The van der Waals surface area contributed by atoms with Crippen LogP contribution in [0.5, 0.6) is 0 Å². The van der Waals surface area contributed by atoms with Gasteiger partial charge in [0.25, 0.3) is 6.33 Å². The maximum absolute atomic E-state index is 5.91. The molecule has 0 atom stereocenters. The molecule has 0 spiro atoms. The van der Waals surface area contributed by atoms with Crippen molar-refractivity contribution in [3.05, 3.63) is 77.9 Å². The first-order valence-electron chi connectivity index (χ1n) is 9.03. The number of hydrogen-bond donors (Lipinski definition) is 1. The lowest BCUT2D eigenvalue weighted by molar-refractivity contribution is -0.596. The van der Waals surface area contributed by atoms with Gasteiger partial charge in [-0.1, -0.05) is 64.1 Å². The van der Waals surface area contributed by atoms with E-state index in [2.05, 4.69) is 91.9 Å². The minimum atomic E-state index is 0.473. The molecular weight excluding hydrogens is 306 g/mol. The third-order valence-electron chi connectivity index (χ3n) is 4.73. The quantitative estimate of drug-likeness (QED) is 0.687. The standard InChI is InChI=1S/C22H28N3/c1-16(2)19-9-7-10-20(17(3)4)22(19)25-13-12-24(15-25)21-11-6-5-8-18(21)14-23/h5-13,15-17H,14,23H2,1-4H3/q+1. The van der Waals surface area contributed by atoms with Crippen LogP contribution in [0.4, 0.5) is 0 Å². The van der Waals surface area contributed by atoms with Crippen LogP contribution < -0.4 is 10.3 Å². The molecule has 3 rings (SSSR count). The van der Waals surface area contributed by atoms with Crippen LogP contribution in [0.1, 0.15) is 56.2 Å². The Kier molecular flexibility index (Phi) is 5.05. The molecule has 0 amide bonds. The summed E-state index contributed by atoms with van der Waals surface area (Å²) < 4.78 is 4.40. The molecule has 3 nitrogen and oxygen atoms in total.